The minimum absolute atomic E-state index is 0.0351. The highest BCUT2D eigenvalue weighted by atomic mass is 31.1. The van der Waals surface area contributed by atoms with Crippen LogP contribution in [0.5, 0.6) is 0 Å². The number of carbonyl (C=O) groups is 1. The van der Waals surface area contributed by atoms with E-state index in [4.69, 9.17) is 4.52 Å². The normalized spacial score (nSPS) is 19.9. The van der Waals surface area contributed by atoms with Gasteiger partial charge in [-0.2, -0.15) is 0 Å². The number of amides is 1. The monoisotopic (exact) mass is 204 g/mol. The molecule has 0 bridgehead atoms. The average Bonchev–Trinajstić information content (AvgIpc) is 2.30. The highest BCUT2D eigenvalue weighted by molar-refractivity contribution is 7.37. The maximum absolute atomic E-state index is 11.4. The summed E-state index contributed by atoms with van der Waals surface area (Å²) in [6.07, 6.45) is 3.39. The van der Waals surface area contributed by atoms with Gasteiger partial charge in [0, 0.05) is 6.42 Å². The molecule has 0 N–H and O–H groups in total. The number of hydrogen-bond donors (Lipinski definition) is 0. The van der Waals surface area contributed by atoms with Crippen LogP contribution in [0.4, 0.5) is 0 Å². The van der Waals surface area contributed by atoms with E-state index in [1.807, 2.05) is 0 Å². The zero-order valence-electron chi connectivity index (χ0n) is 7.86. The summed E-state index contributed by atoms with van der Waals surface area (Å²) in [5.41, 5.74) is 0. The lowest BCUT2D eigenvalue weighted by molar-refractivity contribution is -0.126. The maximum Gasteiger partial charge on any atom is 0.648 e. The zero-order chi connectivity index (χ0) is 9.68. The Balaban J connectivity index is 2.53. The first-order valence-electron chi connectivity index (χ1n) is 4.66. The van der Waals surface area contributed by atoms with E-state index in [0.29, 0.717) is 19.6 Å². The summed E-state index contributed by atoms with van der Waals surface area (Å²) < 4.78 is 17.7. The lowest BCUT2D eigenvalue weighted by Gasteiger charge is -2.04. The summed E-state index contributed by atoms with van der Waals surface area (Å²) in [7, 11) is -1.92. The van der Waals surface area contributed by atoms with Crippen molar-refractivity contribution >= 4 is 14.1 Å². The van der Waals surface area contributed by atoms with E-state index in [9.17, 15) is 9.36 Å². The first-order chi connectivity index (χ1) is 6.25. The lowest BCUT2D eigenvalue weighted by Crippen LogP contribution is -2.23. The van der Waals surface area contributed by atoms with Crippen molar-refractivity contribution in [2.45, 2.75) is 32.6 Å². The third-order valence-corrected chi connectivity index (χ3v) is 3.28. The van der Waals surface area contributed by atoms with E-state index >= 15 is 0 Å². The van der Waals surface area contributed by atoms with Crippen LogP contribution >= 0.6 is 8.18 Å². The Morgan fingerprint density at radius 3 is 2.92 bits per heavy atom. The Bertz CT molecular complexity index is 208. The van der Waals surface area contributed by atoms with E-state index in [0.717, 1.165) is 19.3 Å². The van der Waals surface area contributed by atoms with Crippen molar-refractivity contribution in [1.82, 2.24) is 4.67 Å². The summed E-state index contributed by atoms with van der Waals surface area (Å²) in [5, 5.41) is 0. The van der Waals surface area contributed by atoms with Gasteiger partial charge in [-0.1, -0.05) is 6.42 Å². The Morgan fingerprint density at radius 2 is 2.23 bits per heavy atom. The van der Waals surface area contributed by atoms with Gasteiger partial charge in [0.25, 0.3) is 5.91 Å². The molecule has 0 aromatic rings. The van der Waals surface area contributed by atoms with Gasteiger partial charge in [0.2, 0.25) is 0 Å². The summed E-state index contributed by atoms with van der Waals surface area (Å²) in [6, 6.07) is 0. The van der Waals surface area contributed by atoms with Gasteiger partial charge in [-0.05, 0) is 24.3 Å². The van der Waals surface area contributed by atoms with Crippen LogP contribution < -0.4 is 0 Å². The number of rotatable bonds is 3. The van der Waals surface area contributed by atoms with E-state index < -0.39 is 8.18 Å². The molecule has 1 atom stereocenters. The topological polar surface area (TPSA) is 46.6 Å². The number of hydrogen-bond acceptors (Lipinski definition) is 3. The molecule has 1 heterocycles. The highest BCUT2D eigenvalue weighted by Crippen LogP contribution is 2.31. The molecule has 1 unspecified atom stereocenters. The Morgan fingerprint density at radius 1 is 1.46 bits per heavy atom. The molecular formula is C8H15NO3P+. The molecule has 1 rings (SSSR count). The number of carbonyl (C=O) groups excluding carboxylic acids is 1. The molecule has 4 nitrogen and oxygen atoms in total. The SMILES string of the molecule is CCO[P+](=O)N1CCCCCC1=O. The summed E-state index contributed by atoms with van der Waals surface area (Å²) >= 11 is 0. The third-order valence-electron chi connectivity index (χ3n) is 1.99. The fourth-order valence-corrected chi connectivity index (χ4v) is 2.27. The van der Waals surface area contributed by atoms with Crippen molar-refractivity contribution in [3.8, 4) is 0 Å². The molecule has 0 aliphatic carbocycles. The fourth-order valence-electron chi connectivity index (χ4n) is 1.32. The van der Waals surface area contributed by atoms with Crippen LogP contribution in [0.25, 0.3) is 0 Å². The predicted molar refractivity (Wildman–Crippen MR) is 49.4 cm³/mol. The van der Waals surface area contributed by atoms with Gasteiger partial charge < -0.3 is 0 Å². The summed E-state index contributed by atoms with van der Waals surface area (Å²) in [5.74, 6) is -0.0351. The molecule has 1 aliphatic rings. The molecule has 1 aliphatic heterocycles. The third kappa shape index (κ3) is 3.05. The van der Waals surface area contributed by atoms with Crippen LogP contribution in [0.1, 0.15) is 32.6 Å². The Hall–Kier alpha value is -0.470. The van der Waals surface area contributed by atoms with Crippen LogP contribution in [-0.4, -0.2) is 23.7 Å². The van der Waals surface area contributed by atoms with Crippen molar-refractivity contribution in [3.63, 3.8) is 0 Å². The van der Waals surface area contributed by atoms with Crippen molar-refractivity contribution < 1.29 is 13.9 Å². The molecule has 0 radical (unpaired) electrons. The minimum Gasteiger partial charge on any atom is -0.271 e. The molecule has 0 spiro atoms. The van der Waals surface area contributed by atoms with Gasteiger partial charge in [0.05, 0.1) is 6.54 Å². The largest absolute Gasteiger partial charge is 0.648 e. The Labute approximate surface area is 79.2 Å². The standard InChI is InChI=1S/C8H15NO3P/c1-2-12-13(11)9-7-5-3-4-6-8(9)10/h2-7H2,1H3/q+1. The van der Waals surface area contributed by atoms with Gasteiger partial charge in [-0.3, -0.25) is 4.79 Å². The predicted octanol–water partition coefficient (Wildman–Crippen LogP) is 2.08. The lowest BCUT2D eigenvalue weighted by atomic mass is 10.2. The average molecular weight is 204 g/mol. The van der Waals surface area contributed by atoms with Gasteiger partial charge in [0.15, 0.2) is 0 Å². The minimum atomic E-state index is -1.92. The highest BCUT2D eigenvalue weighted by Gasteiger charge is 2.35. The van der Waals surface area contributed by atoms with Crippen molar-refractivity contribution in [2.24, 2.45) is 0 Å². The van der Waals surface area contributed by atoms with Crippen molar-refractivity contribution in [1.29, 1.82) is 0 Å². The van der Waals surface area contributed by atoms with E-state index in [2.05, 4.69) is 0 Å². The summed E-state index contributed by atoms with van der Waals surface area (Å²) in [6.45, 7) is 2.74. The molecule has 1 amide bonds. The van der Waals surface area contributed by atoms with Gasteiger partial charge in [-0.15, -0.1) is 9.19 Å². The van der Waals surface area contributed by atoms with Crippen LogP contribution in [0, 0.1) is 0 Å². The van der Waals surface area contributed by atoms with Crippen LogP contribution in [0.3, 0.4) is 0 Å². The molecular weight excluding hydrogens is 189 g/mol. The molecule has 74 valence electrons. The van der Waals surface area contributed by atoms with Crippen molar-refractivity contribution in [3.05, 3.63) is 0 Å². The van der Waals surface area contributed by atoms with Crippen molar-refractivity contribution in [2.75, 3.05) is 13.2 Å². The fraction of sp³-hybridized carbons (Fsp3) is 0.875. The Kier molecular flexibility index (Phi) is 4.33. The van der Waals surface area contributed by atoms with Crippen LogP contribution in [0.2, 0.25) is 0 Å². The maximum atomic E-state index is 11.4. The molecule has 1 fully saturated rings. The van der Waals surface area contributed by atoms with E-state index in [-0.39, 0.29) is 5.91 Å². The second-order valence-corrected chi connectivity index (χ2v) is 4.20. The van der Waals surface area contributed by atoms with Crippen LogP contribution in [-0.2, 0) is 13.9 Å². The smallest absolute Gasteiger partial charge is 0.271 e. The molecule has 1 saturated heterocycles. The zero-order valence-corrected chi connectivity index (χ0v) is 8.76. The van der Waals surface area contributed by atoms with Gasteiger partial charge in [-0.25, -0.2) is 0 Å². The summed E-state index contributed by atoms with van der Waals surface area (Å²) in [4.78, 5) is 11.4. The van der Waals surface area contributed by atoms with E-state index in [1.165, 1.54) is 4.67 Å². The molecule has 5 heteroatoms. The molecule has 13 heavy (non-hydrogen) atoms. The molecule has 0 aromatic heterocycles. The molecule has 0 aromatic carbocycles. The van der Waals surface area contributed by atoms with Gasteiger partial charge >= 0.3 is 8.18 Å². The van der Waals surface area contributed by atoms with E-state index in [1.54, 1.807) is 6.92 Å². The quantitative estimate of drug-likeness (QED) is 0.661. The first kappa shape index (κ1) is 10.6. The van der Waals surface area contributed by atoms with Crippen LogP contribution in [0.15, 0.2) is 0 Å². The number of nitrogens with zero attached hydrogens (tertiary/aromatic N) is 1. The van der Waals surface area contributed by atoms with Gasteiger partial charge in [0.1, 0.15) is 6.61 Å². The molecule has 0 saturated carbocycles. The second kappa shape index (κ2) is 5.30. The first-order valence-corrected chi connectivity index (χ1v) is 5.79. The second-order valence-electron chi connectivity index (χ2n) is 2.98.